The van der Waals surface area contributed by atoms with E-state index in [4.69, 9.17) is 0 Å². The molecule has 18 heavy (non-hydrogen) atoms. The highest BCUT2D eigenvalue weighted by molar-refractivity contribution is 5.84. The summed E-state index contributed by atoms with van der Waals surface area (Å²) in [4.78, 5) is 23.0. The van der Waals surface area contributed by atoms with Crippen LogP contribution in [0.4, 0.5) is 0 Å². The second kappa shape index (κ2) is 7.48. The molecule has 0 saturated heterocycles. The maximum absolute atomic E-state index is 11.7. The summed E-state index contributed by atoms with van der Waals surface area (Å²) in [6, 6.07) is 9.23. The molecule has 0 aliphatic rings. The van der Waals surface area contributed by atoms with E-state index in [0.29, 0.717) is 19.3 Å². The topological polar surface area (TPSA) is 55.4 Å². The van der Waals surface area contributed by atoms with Gasteiger partial charge in [-0.05, 0) is 18.4 Å². The van der Waals surface area contributed by atoms with Crippen LogP contribution in [0.15, 0.2) is 30.3 Å². The Hall–Kier alpha value is -1.84. The van der Waals surface area contributed by atoms with Gasteiger partial charge in [-0.2, -0.15) is 0 Å². The normalized spacial score (nSPS) is 11.7. The highest BCUT2D eigenvalue weighted by Crippen LogP contribution is 2.03. The number of ether oxygens (including phenoxy) is 1. The van der Waals surface area contributed by atoms with E-state index in [-0.39, 0.29) is 5.91 Å². The van der Waals surface area contributed by atoms with E-state index in [1.165, 1.54) is 7.11 Å². The van der Waals surface area contributed by atoms with E-state index in [1.54, 1.807) is 0 Å². The first kappa shape index (κ1) is 14.2. The lowest BCUT2D eigenvalue weighted by atomic mass is 10.1. The van der Waals surface area contributed by atoms with E-state index in [2.05, 4.69) is 10.1 Å². The van der Waals surface area contributed by atoms with Gasteiger partial charge >= 0.3 is 5.97 Å². The first-order valence-corrected chi connectivity index (χ1v) is 6.08. The van der Waals surface area contributed by atoms with Crippen LogP contribution in [0, 0.1) is 0 Å². The van der Waals surface area contributed by atoms with Crippen molar-refractivity contribution in [3.63, 3.8) is 0 Å². The average Bonchev–Trinajstić information content (AvgIpc) is 2.42. The number of amides is 1. The Morgan fingerprint density at radius 1 is 1.28 bits per heavy atom. The van der Waals surface area contributed by atoms with Crippen LogP contribution < -0.4 is 5.32 Å². The van der Waals surface area contributed by atoms with Gasteiger partial charge in [0.25, 0.3) is 0 Å². The van der Waals surface area contributed by atoms with Crippen LogP contribution in [-0.2, 0) is 20.7 Å². The van der Waals surface area contributed by atoms with Crippen LogP contribution in [0.1, 0.15) is 25.3 Å². The van der Waals surface area contributed by atoms with Crippen molar-refractivity contribution >= 4 is 11.9 Å². The molecule has 0 spiro atoms. The van der Waals surface area contributed by atoms with Crippen molar-refractivity contribution in [3.05, 3.63) is 35.9 Å². The number of esters is 1. The van der Waals surface area contributed by atoms with Gasteiger partial charge in [0.1, 0.15) is 6.04 Å². The summed E-state index contributed by atoms with van der Waals surface area (Å²) in [5.41, 5.74) is 1.11. The lowest BCUT2D eigenvalue weighted by Gasteiger charge is -2.14. The Labute approximate surface area is 107 Å². The number of aryl methyl sites for hydroxylation is 1. The maximum atomic E-state index is 11.7. The fourth-order valence-corrected chi connectivity index (χ4v) is 1.64. The number of methoxy groups -OCH3 is 1. The molecule has 0 aliphatic heterocycles. The van der Waals surface area contributed by atoms with Gasteiger partial charge in [-0.15, -0.1) is 0 Å². The van der Waals surface area contributed by atoms with Crippen LogP contribution in [0.2, 0.25) is 0 Å². The lowest BCUT2D eigenvalue weighted by Crippen LogP contribution is -2.41. The molecule has 98 valence electrons. The van der Waals surface area contributed by atoms with Crippen molar-refractivity contribution in [3.8, 4) is 0 Å². The zero-order valence-electron chi connectivity index (χ0n) is 10.8. The van der Waals surface area contributed by atoms with Gasteiger partial charge in [0.05, 0.1) is 7.11 Å². The molecule has 1 atom stereocenters. The zero-order chi connectivity index (χ0) is 13.4. The fourth-order valence-electron chi connectivity index (χ4n) is 1.64. The number of hydrogen-bond donors (Lipinski definition) is 1. The summed E-state index contributed by atoms with van der Waals surface area (Å²) >= 11 is 0. The molecule has 4 nitrogen and oxygen atoms in total. The lowest BCUT2D eigenvalue weighted by molar-refractivity contribution is -0.145. The predicted octanol–water partition coefficient (Wildman–Crippen LogP) is 1.69. The average molecular weight is 249 g/mol. The molecule has 1 rings (SSSR count). The molecule has 0 heterocycles. The van der Waals surface area contributed by atoms with Gasteiger partial charge < -0.3 is 10.1 Å². The molecule has 1 N–H and O–H groups in total. The maximum Gasteiger partial charge on any atom is 0.328 e. The molecule has 0 bridgehead atoms. The molecule has 1 amide bonds. The third-order valence-electron chi connectivity index (χ3n) is 2.71. The Morgan fingerprint density at radius 2 is 1.94 bits per heavy atom. The van der Waals surface area contributed by atoms with E-state index in [1.807, 2.05) is 37.3 Å². The Balaban J connectivity index is 2.39. The van der Waals surface area contributed by atoms with Crippen LogP contribution in [0.3, 0.4) is 0 Å². The summed E-state index contributed by atoms with van der Waals surface area (Å²) in [5, 5.41) is 2.67. The SMILES string of the molecule is CC[C@@H](NC(=O)CCc1ccccc1)C(=O)OC. The Bertz CT molecular complexity index is 389. The minimum atomic E-state index is -0.543. The van der Waals surface area contributed by atoms with Gasteiger partial charge in [0.15, 0.2) is 0 Å². The van der Waals surface area contributed by atoms with Gasteiger partial charge in [-0.1, -0.05) is 37.3 Å². The highest BCUT2D eigenvalue weighted by atomic mass is 16.5. The second-order valence-corrected chi connectivity index (χ2v) is 4.04. The van der Waals surface area contributed by atoms with E-state index < -0.39 is 12.0 Å². The van der Waals surface area contributed by atoms with E-state index in [0.717, 1.165) is 5.56 Å². The number of rotatable bonds is 6. The number of carbonyl (C=O) groups is 2. The third-order valence-corrected chi connectivity index (χ3v) is 2.71. The number of hydrogen-bond acceptors (Lipinski definition) is 3. The van der Waals surface area contributed by atoms with Crippen LogP contribution in [0.25, 0.3) is 0 Å². The second-order valence-electron chi connectivity index (χ2n) is 4.04. The summed E-state index contributed by atoms with van der Waals surface area (Å²) in [7, 11) is 1.32. The summed E-state index contributed by atoms with van der Waals surface area (Å²) in [5.74, 6) is -0.526. The van der Waals surface area contributed by atoms with Crippen LogP contribution in [-0.4, -0.2) is 25.0 Å². The predicted molar refractivity (Wildman–Crippen MR) is 69.0 cm³/mol. The minimum Gasteiger partial charge on any atom is -0.467 e. The van der Waals surface area contributed by atoms with Gasteiger partial charge in [-0.3, -0.25) is 4.79 Å². The molecule has 0 radical (unpaired) electrons. The Kier molecular flexibility index (Phi) is 5.91. The van der Waals surface area contributed by atoms with Crippen molar-refractivity contribution in [2.24, 2.45) is 0 Å². The largest absolute Gasteiger partial charge is 0.467 e. The molecular weight excluding hydrogens is 230 g/mol. The standard InChI is InChI=1S/C14H19NO3/c1-3-12(14(17)18-2)15-13(16)10-9-11-7-5-4-6-8-11/h4-8,12H,3,9-10H2,1-2H3,(H,15,16)/t12-/m1/s1. The van der Waals surface area contributed by atoms with E-state index in [9.17, 15) is 9.59 Å². The number of benzene rings is 1. The molecule has 0 fully saturated rings. The zero-order valence-corrected chi connectivity index (χ0v) is 10.8. The molecule has 4 heteroatoms. The number of nitrogens with one attached hydrogen (secondary N) is 1. The van der Waals surface area contributed by atoms with Crippen LogP contribution >= 0.6 is 0 Å². The molecular formula is C14H19NO3. The van der Waals surface area contributed by atoms with Crippen molar-refractivity contribution in [1.82, 2.24) is 5.32 Å². The summed E-state index contributed by atoms with van der Waals surface area (Å²) in [6.45, 7) is 1.83. The molecule has 0 aliphatic carbocycles. The molecule has 1 aromatic carbocycles. The quantitative estimate of drug-likeness (QED) is 0.780. The van der Waals surface area contributed by atoms with Gasteiger partial charge in [-0.25, -0.2) is 4.79 Å². The first-order chi connectivity index (χ1) is 8.67. The highest BCUT2D eigenvalue weighted by Gasteiger charge is 2.18. The third kappa shape index (κ3) is 4.57. The van der Waals surface area contributed by atoms with Crippen molar-refractivity contribution in [2.75, 3.05) is 7.11 Å². The molecule has 0 unspecified atom stereocenters. The van der Waals surface area contributed by atoms with Gasteiger partial charge in [0.2, 0.25) is 5.91 Å². The van der Waals surface area contributed by atoms with Crippen molar-refractivity contribution < 1.29 is 14.3 Å². The molecule has 1 aromatic rings. The first-order valence-electron chi connectivity index (χ1n) is 6.08. The summed E-state index contributed by atoms with van der Waals surface area (Å²) < 4.78 is 4.61. The van der Waals surface area contributed by atoms with E-state index >= 15 is 0 Å². The van der Waals surface area contributed by atoms with Crippen LogP contribution in [0.5, 0.6) is 0 Å². The van der Waals surface area contributed by atoms with Gasteiger partial charge in [0, 0.05) is 6.42 Å². The van der Waals surface area contributed by atoms with Crippen molar-refractivity contribution in [2.45, 2.75) is 32.2 Å². The minimum absolute atomic E-state index is 0.129. The van der Waals surface area contributed by atoms with Crippen molar-refractivity contribution in [1.29, 1.82) is 0 Å². The monoisotopic (exact) mass is 249 g/mol. The number of carbonyl (C=O) groups excluding carboxylic acids is 2. The summed E-state index contributed by atoms with van der Waals surface area (Å²) in [6.07, 6.45) is 1.57. The smallest absolute Gasteiger partial charge is 0.328 e. The molecule has 0 saturated carbocycles. The molecule has 0 aromatic heterocycles. The fraction of sp³-hybridized carbons (Fsp3) is 0.429. The Morgan fingerprint density at radius 3 is 2.50 bits per heavy atom.